The molecule has 3 nitrogen and oxygen atoms in total. The molecule has 0 amide bonds. The first-order chi connectivity index (χ1) is 10.8. The summed E-state index contributed by atoms with van der Waals surface area (Å²) in [7, 11) is 0. The molecular weight excluding hydrogens is 327 g/mol. The van der Waals surface area contributed by atoms with Crippen LogP contribution in [0.4, 0.5) is 13.2 Å². The van der Waals surface area contributed by atoms with Crippen LogP contribution >= 0.6 is 11.8 Å². The van der Waals surface area contributed by atoms with Gasteiger partial charge in [0.25, 0.3) is 0 Å². The van der Waals surface area contributed by atoms with E-state index in [1.54, 1.807) is 0 Å². The van der Waals surface area contributed by atoms with Gasteiger partial charge in [-0.15, -0.1) is 11.8 Å². The van der Waals surface area contributed by atoms with Crippen LogP contribution in [0.5, 0.6) is 0 Å². The van der Waals surface area contributed by atoms with Crippen molar-refractivity contribution in [2.24, 2.45) is 17.6 Å². The number of benzene rings is 1. The fraction of sp³-hybridized carbons (Fsp3) is 0.562. The van der Waals surface area contributed by atoms with Gasteiger partial charge in [0, 0.05) is 10.6 Å². The molecule has 0 radical (unpaired) electrons. The Labute approximate surface area is 138 Å². The Kier molecular flexibility index (Phi) is 8.47. The molecule has 23 heavy (non-hydrogen) atoms. The Morgan fingerprint density at radius 2 is 1.61 bits per heavy atom. The predicted molar refractivity (Wildman–Crippen MR) is 85.4 cm³/mol. The number of aliphatic carboxylic acids is 1. The summed E-state index contributed by atoms with van der Waals surface area (Å²) < 4.78 is 31.7. The van der Waals surface area contributed by atoms with Gasteiger partial charge >= 0.3 is 12.1 Å². The van der Waals surface area contributed by atoms with E-state index in [9.17, 15) is 13.2 Å². The molecule has 0 atom stereocenters. The summed E-state index contributed by atoms with van der Waals surface area (Å²) in [5.41, 5.74) is 5.71. The minimum absolute atomic E-state index is 0.804. The van der Waals surface area contributed by atoms with Gasteiger partial charge in [-0.3, -0.25) is 0 Å². The molecule has 1 aromatic carbocycles. The number of rotatable bonds is 4. The molecule has 1 saturated carbocycles. The fourth-order valence-corrected chi connectivity index (χ4v) is 3.48. The van der Waals surface area contributed by atoms with Gasteiger partial charge in [-0.25, -0.2) is 4.79 Å². The lowest BCUT2D eigenvalue weighted by molar-refractivity contribution is -0.192. The third kappa shape index (κ3) is 8.27. The smallest absolute Gasteiger partial charge is 0.475 e. The Morgan fingerprint density at radius 3 is 2.04 bits per heavy atom. The molecule has 1 aliphatic carbocycles. The molecule has 2 rings (SSSR count). The molecular formula is C16H22F3NO2S. The Hall–Kier alpha value is -1.21. The molecule has 1 aromatic rings. The summed E-state index contributed by atoms with van der Waals surface area (Å²) in [6, 6.07) is 10.7. The second kappa shape index (κ2) is 9.82. The zero-order chi connectivity index (χ0) is 17.3. The molecule has 0 heterocycles. The van der Waals surface area contributed by atoms with Gasteiger partial charge in [0.2, 0.25) is 0 Å². The maximum Gasteiger partial charge on any atom is 0.490 e. The van der Waals surface area contributed by atoms with Crippen molar-refractivity contribution in [2.75, 3.05) is 12.3 Å². The lowest BCUT2D eigenvalue weighted by atomic mass is 9.83. The first-order valence-corrected chi connectivity index (χ1v) is 8.49. The molecule has 0 spiro atoms. The molecule has 7 heteroatoms. The van der Waals surface area contributed by atoms with Crippen LogP contribution in [-0.2, 0) is 4.79 Å². The SMILES string of the molecule is NC[C@H]1CC[C@H](CSc2ccccc2)CC1.O=C(O)C(F)(F)F. The number of thioether (sulfide) groups is 1. The van der Waals surface area contributed by atoms with Gasteiger partial charge in [0.15, 0.2) is 0 Å². The highest BCUT2D eigenvalue weighted by molar-refractivity contribution is 7.99. The average molecular weight is 349 g/mol. The number of carboxylic acids is 1. The maximum absolute atomic E-state index is 10.6. The first-order valence-electron chi connectivity index (χ1n) is 7.51. The van der Waals surface area contributed by atoms with Crippen molar-refractivity contribution in [3.05, 3.63) is 30.3 Å². The summed E-state index contributed by atoms with van der Waals surface area (Å²) >= 11 is 2.00. The van der Waals surface area contributed by atoms with Crippen LogP contribution in [0.15, 0.2) is 35.2 Å². The molecule has 3 N–H and O–H groups in total. The molecule has 0 aliphatic heterocycles. The quantitative estimate of drug-likeness (QED) is 0.801. The van der Waals surface area contributed by atoms with Crippen molar-refractivity contribution in [3.63, 3.8) is 0 Å². The summed E-state index contributed by atoms with van der Waals surface area (Å²) in [5.74, 6) is 0.236. The summed E-state index contributed by atoms with van der Waals surface area (Å²) in [6.45, 7) is 0.887. The Bertz CT molecular complexity index is 460. The van der Waals surface area contributed by atoms with Crippen molar-refractivity contribution >= 4 is 17.7 Å². The number of carbonyl (C=O) groups is 1. The zero-order valence-corrected chi connectivity index (χ0v) is 13.6. The van der Waals surface area contributed by atoms with Crippen LogP contribution in [0.25, 0.3) is 0 Å². The fourth-order valence-electron chi connectivity index (χ4n) is 2.36. The van der Waals surface area contributed by atoms with E-state index >= 15 is 0 Å². The van der Waals surface area contributed by atoms with Gasteiger partial charge in [0.05, 0.1) is 0 Å². The van der Waals surface area contributed by atoms with Crippen molar-refractivity contribution in [3.8, 4) is 0 Å². The summed E-state index contributed by atoms with van der Waals surface area (Å²) in [5, 5.41) is 7.12. The first kappa shape index (κ1) is 19.8. The number of alkyl halides is 3. The van der Waals surface area contributed by atoms with Gasteiger partial charge in [-0.1, -0.05) is 18.2 Å². The molecule has 0 bridgehead atoms. The van der Waals surface area contributed by atoms with E-state index in [-0.39, 0.29) is 0 Å². The van der Waals surface area contributed by atoms with E-state index in [2.05, 4.69) is 30.3 Å². The highest BCUT2D eigenvalue weighted by atomic mass is 32.2. The highest BCUT2D eigenvalue weighted by Crippen LogP contribution is 2.32. The van der Waals surface area contributed by atoms with E-state index in [0.717, 1.165) is 18.4 Å². The molecule has 1 aliphatic rings. The lowest BCUT2D eigenvalue weighted by Crippen LogP contribution is -2.22. The van der Waals surface area contributed by atoms with Gasteiger partial charge in [-0.2, -0.15) is 13.2 Å². The number of hydrogen-bond acceptors (Lipinski definition) is 3. The molecule has 130 valence electrons. The molecule has 0 saturated heterocycles. The monoisotopic (exact) mass is 349 g/mol. The van der Waals surface area contributed by atoms with Gasteiger partial charge < -0.3 is 10.8 Å². The largest absolute Gasteiger partial charge is 0.490 e. The van der Waals surface area contributed by atoms with E-state index in [4.69, 9.17) is 15.6 Å². The molecule has 0 aromatic heterocycles. The average Bonchev–Trinajstić information content (AvgIpc) is 2.54. The van der Waals surface area contributed by atoms with E-state index < -0.39 is 12.1 Å². The van der Waals surface area contributed by atoms with Crippen LogP contribution in [0.1, 0.15) is 25.7 Å². The van der Waals surface area contributed by atoms with Crippen molar-refractivity contribution in [1.29, 1.82) is 0 Å². The minimum Gasteiger partial charge on any atom is -0.475 e. The Balaban J connectivity index is 0.000000322. The highest BCUT2D eigenvalue weighted by Gasteiger charge is 2.38. The summed E-state index contributed by atoms with van der Waals surface area (Å²) in [4.78, 5) is 10.3. The van der Waals surface area contributed by atoms with E-state index in [0.29, 0.717) is 0 Å². The Morgan fingerprint density at radius 1 is 1.13 bits per heavy atom. The maximum atomic E-state index is 10.6. The number of carboxylic acid groups (broad SMARTS) is 1. The zero-order valence-electron chi connectivity index (χ0n) is 12.8. The molecule has 0 unspecified atom stereocenters. The van der Waals surface area contributed by atoms with E-state index in [1.807, 2.05) is 11.8 Å². The van der Waals surface area contributed by atoms with Gasteiger partial charge in [0.1, 0.15) is 0 Å². The number of hydrogen-bond donors (Lipinski definition) is 2. The van der Waals surface area contributed by atoms with Crippen molar-refractivity contribution < 1.29 is 23.1 Å². The molecule has 1 fully saturated rings. The summed E-state index contributed by atoms with van der Waals surface area (Å²) in [6.07, 6.45) is 0.358. The van der Waals surface area contributed by atoms with Crippen molar-refractivity contribution in [2.45, 2.75) is 36.8 Å². The standard InChI is InChI=1S/C14H21NS.C2HF3O2/c15-10-12-6-8-13(9-7-12)11-16-14-4-2-1-3-5-14;3-2(4,5)1(6)7/h1-5,12-13H,6-11,15H2;(H,6,7)/t12-,13-;. The number of nitrogens with two attached hydrogens (primary N) is 1. The normalized spacial score (nSPS) is 21.2. The third-order valence-electron chi connectivity index (χ3n) is 3.77. The van der Waals surface area contributed by atoms with Crippen LogP contribution in [0, 0.1) is 11.8 Å². The van der Waals surface area contributed by atoms with Crippen molar-refractivity contribution in [1.82, 2.24) is 0 Å². The second-order valence-electron chi connectivity index (χ2n) is 5.55. The van der Waals surface area contributed by atoms with Crippen LogP contribution in [0.3, 0.4) is 0 Å². The second-order valence-corrected chi connectivity index (χ2v) is 6.64. The van der Waals surface area contributed by atoms with Crippen LogP contribution in [0.2, 0.25) is 0 Å². The predicted octanol–water partition coefficient (Wildman–Crippen LogP) is 4.18. The third-order valence-corrected chi connectivity index (χ3v) is 5.01. The van der Waals surface area contributed by atoms with Crippen LogP contribution in [-0.4, -0.2) is 29.5 Å². The van der Waals surface area contributed by atoms with E-state index in [1.165, 1.54) is 36.3 Å². The number of halogens is 3. The van der Waals surface area contributed by atoms with Gasteiger partial charge in [-0.05, 0) is 56.2 Å². The minimum atomic E-state index is -5.08. The van der Waals surface area contributed by atoms with Crippen LogP contribution < -0.4 is 5.73 Å². The topological polar surface area (TPSA) is 63.3 Å². The lowest BCUT2D eigenvalue weighted by Gasteiger charge is -2.27.